The van der Waals surface area contributed by atoms with Crippen molar-refractivity contribution in [1.29, 1.82) is 0 Å². The van der Waals surface area contributed by atoms with E-state index in [0.717, 1.165) is 0 Å². The summed E-state index contributed by atoms with van der Waals surface area (Å²) in [5.74, 6) is 1.84. The minimum atomic E-state index is -4.41. The lowest BCUT2D eigenvalue weighted by atomic mass is 10.2. The maximum Gasteiger partial charge on any atom is 0.422 e. The van der Waals surface area contributed by atoms with Crippen molar-refractivity contribution in [2.75, 3.05) is 26.8 Å². The zero-order chi connectivity index (χ0) is 20.7. The van der Waals surface area contributed by atoms with Crippen molar-refractivity contribution in [3.05, 3.63) is 48.2 Å². The molecule has 2 N–H and O–H groups in total. The lowest BCUT2D eigenvalue weighted by Crippen LogP contribution is -2.45. The summed E-state index contributed by atoms with van der Waals surface area (Å²) < 4.78 is 53.0. The van der Waals surface area contributed by atoms with Crippen LogP contribution in [0.15, 0.2) is 47.6 Å². The van der Waals surface area contributed by atoms with Gasteiger partial charge in [-0.25, -0.2) is 4.98 Å². The second-order valence-electron chi connectivity index (χ2n) is 6.21. The van der Waals surface area contributed by atoms with Gasteiger partial charge in [0.1, 0.15) is 12.7 Å². The van der Waals surface area contributed by atoms with Gasteiger partial charge in [-0.05, 0) is 23.8 Å². The number of alkyl halides is 3. The van der Waals surface area contributed by atoms with Gasteiger partial charge in [0, 0.05) is 25.9 Å². The number of guanidine groups is 1. The number of benzene rings is 1. The number of aliphatic imine (C=N–C) groups is 1. The molecule has 2 heterocycles. The summed E-state index contributed by atoms with van der Waals surface area (Å²) in [7, 11) is 1.62. The molecule has 0 saturated carbocycles. The molecule has 1 atom stereocenters. The molecule has 0 saturated heterocycles. The molecule has 1 aliphatic rings. The summed E-state index contributed by atoms with van der Waals surface area (Å²) in [6.45, 7) is -0.183. The van der Waals surface area contributed by atoms with Crippen LogP contribution in [0, 0.1) is 0 Å². The highest BCUT2D eigenvalue weighted by Gasteiger charge is 2.28. The Balaban J connectivity index is 0.00000320. The normalized spacial score (nSPS) is 15.7. The van der Waals surface area contributed by atoms with Crippen LogP contribution in [0.1, 0.15) is 5.56 Å². The van der Waals surface area contributed by atoms with Gasteiger partial charge in [-0.3, -0.25) is 4.99 Å². The molecule has 11 heteroatoms. The summed E-state index contributed by atoms with van der Waals surface area (Å²) >= 11 is 0. The third-order valence-electron chi connectivity index (χ3n) is 3.93. The summed E-state index contributed by atoms with van der Waals surface area (Å²) in [6, 6.07) is 10.6. The molecule has 7 nitrogen and oxygen atoms in total. The Morgan fingerprint density at radius 1 is 1.23 bits per heavy atom. The van der Waals surface area contributed by atoms with Crippen LogP contribution in [-0.2, 0) is 6.54 Å². The highest BCUT2D eigenvalue weighted by Crippen LogP contribution is 2.30. The summed E-state index contributed by atoms with van der Waals surface area (Å²) in [4.78, 5) is 7.90. The van der Waals surface area contributed by atoms with Gasteiger partial charge in [0.25, 0.3) is 0 Å². The van der Waals surface area contributed by atoms with E-state index >= 15 is 0 Å². The SMILES string of the molecule is CN=C(NCc1ccnc(OCC(F)(F)F)c1)NCC1COc2ccccc2O1.I. The second kappa shape index (κ2) is 11.1. The van der Waals surface area contributed by atoms with Crippen LogP contribution in [0.25, 0.3) is 0 Å². The van der Waals surface area contributed by atoms with E-state index in [2.05, 4.69) is 25.3 Å². The lowest BCUT2D eigenvalue weighted by molar-refractivity contribution is -0.154. The van der Waals surface area contributed by atoms with E-state index in [1.54, 1.807) is 13.1 Å². The van der Waals surface area contributed by atoms with Gasteiger partial charge in [-0.1, -0.05) is 12.1 Å². The van der Waals surface area contributed by atoms with Crippen molar-refractivity contribution in [2.24, 2.45) is 4.99 Å². The van der Waals surface area contributed by atoms with Crippen LogP contribution < -0.4 is 24.8 Å². The van der Waals surface area contributed by atoms with Gasteiger partial charge in [-0.15, -0.1) is 24.0 Å². The van der Waals surface area contributed by atoms with Crippen molar-refractivity contribution in [2.45, 2.75) is 18.8 Å². The van der Waals surface area contributed by atoms with E-state index in [-0.39, 0.29) is 36.0 Å². The number of halogens is 4. The number of hydrogen-bond donors (Lipinski definition) is 2. The third-order valence-corrected chi connectivity index (χ3v) is 3.93. The molecule has 1 aliphatic heterocycles. The first-order valence-corrected chi connectivity index (χ1v) is 8.90. The van der Waals surface area contributed by atoms with Crippen LogP contribution in [0.3, 0.4) is 0 Å². The third kappa shape index (κ3) is 7.43. The van der Waals surface area contributed by atoms with Crippen LogP contribution in [0.2, 0.25) is 0 Å². The topological polar surface area (TPSA) is 77.0 Å². The highest BCUT2D eigenvalue weighted by molar-refractivity contribution is 14.0. The number of nitrogens with zero attached hydrogens (tertiary/aromatic N) is 2. The number of hydrogen-bond acceptors (Lipinski definition) is 5. The number of fused-ring (bicyclic) bond motifs is 1. The Labute approximate surface area is 189 Å². The first-order chi connectivity index (χ1) is 13.9. The van der Waals surface area contributed by atoms with Gasteiger partial charge in [0.05, 0.1) is 6.54 Å². The Morgan fingerprint density at radius 3 is 2.73 bits per heavy atom. The molecule has 164 valence electrons. The van der Waals surface area contributed by atoms with Crippen LogP contribution in [-0.4, -0.2) is 50.0 Å². The van der Waals surface area contributed by atoms with E-state index in [1.807, 2.05) is 24.3 Å². The quantitative estimate of drug-likeness (QED) is 0.335. The predicted molar refractivity (Wildman–Crippen MR) is 116 cm³/mol. The molecule has 0 radical (unpaired) electrons. The van der Waals surface area contributed by atoms with Crippen molar-refractivity contribution in [3.8, 4) is 17.4 Å². The van der Waals surface area contributed by atoms with Gasteiger partial charge in [-0.2, -0.15) is 13.2 Å². The van der Waals surface area contributed by atoms with Crippen molar-refractivity contribution < 1.29 is 27.4 Å². The second-order valence-corrected chi connectivity index (χ2v) is 6.21. The monoisotopic (exact) mass is 538 g/mol. The smallest absolute Gasteiger partial charge is 0.422 e. The Kier molecular flexibility index (Phi) is 8.81. The van der Waals surface area contributed by atoms with Gasteiger partial charge < -0.3 is 24.8 Å². The zero-order valence-corrected chi connectivity index (χ0v) is 18.4. The lowest BCUT2D eigenvalue weighted by Gasteiger charge is -2.27. The molecule has 0 fully saturated rings. The number of rotatable bonds is 6. The minimum Gasteiger partial charge on any atom is -0.486 e. The fourth-order valence-electron chi connectivity index (χ4n) is 2.58. The summed E-state index contributed by atoms with van der Waals surface area (Å²) in [5, 5.41) is 6.22. The fraction of sp³-hybridized carbons (Fsp3) is 0.368. The van der Waals surface area contributed by atoms with E-state index in [4.69, 9.17) is 9.47 Å². The van der Waals surface area contributed by atoms with Gasteiger partial charge in [0.2, 0.25) is 5.88 Å². The molecule has 30 heavy (non-hydrogen) atoms. The molecule has 1 aromatic heterocycles. The van der Waals surface area contributed by atoms with E-state index in [0.29, 0.717) is 42.7 Å². The van der Waals surface area contributed by atoms with Crippen molar-refractivity contribution >= 4 is 29.9 Å². The predicted octanol–water partition coefficient (Wildman–Crippen LogP) is 3.15. The Morgan fingerprint density at radius 2 is 2.00 bits per heavy atom. The molecule has 0 aliphatic carbocycles. The maximum atomic E-state index is 12.3. The largest absolute Gasteiger partial charge is 0.486 e. The standard InChI is InChI=1S/C19H21F3N4O3.HI/c1-23-18(26-10-14-11-27-15-4-2-3-5-16(15)29-14)25-9-13-6-7-24-17(8-13)28-12-19(20,21)22;/h2-8,14H,9-12H2,1H3,(H2,23,25,26);1H. The molecule has 1 aromatic carbocycles. The number of para-hydroxylation sites is 2. The average Bonchev–Trinajstić information content (AvgIpc) is 2.72. The van der Waals surface area contributed by atoms with Crippen LogP contribution in [0.5, 0.6) is 17.4 Å². The zero-order valence-electron chi connectivity index (χ0n) is 16.1. The first-order valence-electron chi connectivity index (χ1n) is 8.90. The Bertz CT molecular complexity index is 852. The highest BCUT2D eigenvalue weighted by atomic mass is 127. The Hall–Kier alpha value is -2.44. The maximum absolute atomic E-state index is 12.3. The fourth-order valence-corrected chi connectivity index (χ4v) is 2.58. The van der Waals surface area contributed by atoms with Crippen molar-refractivity contribution in [3.63, 3.8) is 0 Å². The molecule has 0 bridgehead atoms. The molecule has 0 amide bonds. The molecule has 0 spiro atoms. The minimum absolute atomic E-state index is 0. The van der Waals surface area contributed by atoms with E-state index in [9.17, 15) is 13.2 Å². The average molecular weight is 538 g/mol. The van der Waals surface area contributed by atoms with Crippen molar-refractivity contribution in [1.82, 2.24) is 15.6 Å². The number of ether oxygens (including phenoxy) is 3. The van der Waals surface area contributed by atoms with E-state index < -0.39 is 12.8 Å². The van der Waals surface area contributed by atoms with E-state index in [1.165, 1.54) is 12.3 Å². The van der Waals surface area contributed by atoms with Crippen LogP contribution in [0.4, 0.5) is 13.2 Å². The summed E-state index contributed by atoms with van der Waals surface area (Å²) in [5.41, 5.74) is 0.700. The summed E-state index contributed by atoms with van der Waals surface area (Å²) in [6.07, 6.45) is -3.21. The molecular weight excluding hydrogens is 516 g/mol. The molecular formula is C19H22F3IN4O3. The van der Waals surface area contributed by atoms with Gasteiger partial charge >= 0.3 is 6.18 Å². The first kappa shape index (κ1) is 23.8. The van der Waals surface area contributed by atoms with Crippen LogP contribution >= 0.6 is 24.0 Å². The molecule has 1 unspecified atom stereocenters. The number of nitrogens with one attached hydrogen (secondary N) is 2. The number of pyridine rings is 1. The number of aromatic nitrogens is 1. The molecule has 3 rings (SSSR count). The molecule has 2 aromatic rings. The van der Waals surface area contributed by atoms with Gasteiger partial charge in [0.15, 0.2) is 24.1 Å².